The van der Waals surface area contributed by atoms with Gasteiger partial charge in [-0.15, -0.1) is 0 Å². The van der Waals surface area contributed by atoms with Gasteiger partial charge in [-0.25, -0.2) is 0 Å². The van der Waals surface area contributed by atoms with Crippen LogP contribution < -0.4 is 19.1 Å². The molecule has 0 amide bonds. The molecule has 7 rings (SSSR count). The molecule has 0 radical (unpaired) electrons. The fourth-order valence-electron chi connectivity index (χ4n) is 8.87. The average molecular weight is 808 g/mol. The molecule has 0 saturated heterocycles. The van der Waals surface area contributed by atoms with Gasteiger partial charge >= 0.3 is 0 Å². The maximum absolute atomic E-state index is 15.7. The quantitative estimate of drug-likeness (QED) is 0.130. The summed E-state index contributed by atoms with van der Waals surface area (Å²) in [4.78, 5) is 35.3. The molecule has 3 aliphatic rings. The highest BCUT2D eigenvalue weighted by atomic mass is 28.4. The van der Waals surface area contributed by atoms with Crippen LogP contribution in [0.2, 0.25) is 18.1 Å². The van der Waals surface area contributed by atoms with Gasteiger partial charge in [-0.1, -0.05) is 81.4 Å². The van der Waals surface area contributed by atoms with Crippen molar-refractivity contribution in [3.63, 3.8) is 0 Å². The summed E-state index contributed by atoms with van der Waals surface area (Å²) in [6, 6.07) is 20.6. The molecule has 0 spiro atoms. The second-order valence-electron chi connectivity index (χ2n) is 17.4. The van der Waals surface area contributed by atoms with Crippen molar-refractivity contribution in [1.82, 2.24) is 10.1 Å². The summed E-state index contributed by atoms with van der Waals surface area (Å²) in [6.07, 6.45) is 0.754. The first-order valence-electron chi connectivity index (χ1n) is 20.3. The van der Waals surface area contributed by atoms with Gasteiger partial charge in [0.25, 0.3) is 5.88 Å². The smallest absolute Gasteiger partial charge is 0.265 e. The van der Waals surface area contributed by atoms with Crippen LogP contribution in [-0.2, 0) is 24.1 Å². The number of ketones is 2. The minimum Gasteiger partial charge on any atom is -0.508 e. The topological polar surface area (TPSA) is 124 Å². The zero-order valence-electron chi connectivity index (χ0n) is 35.5. The maximum Gasteiger partial charge on any atom is 0.265 e. The molecule has 4 atom stereocenters. The lowest BCUT2D eigenvalue weighted by Gasteiger charge is -2.55. The Morgan fingerprint density at radius 3 is 2.07 bits per heavy atom. The van der Waals surface area contributed by atoms with Crippen LogP contribution >= 0.6 is 0 Å². The summed E-state index contributed by atoms with van der Waals surface area (Å²) >= 11 is 0. The van der Waals surface area contributed by atoms with Gasteiger partial charge in [0.05, 0.1) is 24.4 Å². The van der Waals surface area contributed by atoms with E-state index in [0.29, 0.717) is 48.8 Å². The number of methoxy groups -OCH3 is 1. The van der Waals surface area contributed by atoms with Crippen molar-refractivity contribution in [2.24, 2.45) is 11.8 Å². The lowest BCUT2D eigenvalue weighted by Crippen LogP contribution is -2.65. The van der Waals surface area contributed by atoms with Gasteiger partial charge in [0, 0.05) is 30.6 Å². The summed E-state index contributed by atoms with van der Waals surface area (Å²) in [5, 5.41) is 17.1. The van der Waals surface area contributed by atoms with Crippen molar-refractivity contribution in [3.8, 4) is 17.4 Å². The Labute approximate surface area is 343 Å². The molecule has 11 nitrogen and oxygen atoms in total. The number of anilines is 1. The highest BCUT2D eigenvalue weighted by Gasteiger charge is 2.67. The van der Waals surface area contributed by atoms with Crippen LogP contribution in [0, 0.1) is 11.8 Å². The van der Waals surface area contributed by atoms with Crippen molar-refractivity contribution in [2.45, 2.75) is 90.4 Å². The van der Waals surface area contributed by atoms with E-state index in [-0.39, 0.29) is 46.8 Å². The molecule has 1 aromatic heterocycles. The molecular weight excluding hydrogens is 751 g/mol. The van der Waals surface area contributed by atoms with Gasteiger partial charge in [0.15, 0.2) is 25.5 Å². The fraction of sp³-hybridized carbons (Fsp3) is 0.457. The van der Waals surface area contributed by atoms with E-state index in [2.05, 4.69) is 57.8 Å². The molecule has 3 aliphatic carbocycles. The minimum atomic E-state index is -2.89. The number of Topliss-reactive ketones (excluding diaryl/α,β-unsaturated/α-hetero) is 2. The first-order chi connectivity index (χ1) is 27.6. The minimum absolute atomic E-state index is 0.0279. The number of aliphatic hydroxyl groups excluding tert-OH is 1. The molecule has 1 N–H and O–H groups in total. The van der Waals surface area contributed by atoms with Crippen molar-refractivity contribution < 1.29 is 37.9 Å². The van der Waals surface area contributed by atoms with E-state index in [1.54, 1.807) is 13.2 Å². The lowest BCUT2D eigenvalue weighted by atomic mass is 9.58. The Kier molecular flexibility index (Phi) is 11.2. The largest absolute Gasteiger partial charge is 0.508 e. The third kappa shape index (κ3) is 6.82. The number of hydrogen-bond donors (Lipinski definition) is 1. The highest BCUT2D eigenvalue weighted by molar-refractivity contribution is 6.74. The monoisotopic (exact) mass is 807 g/mol. The molecule has 0 unspecified atom stereocenters. The molecule has 0 bridgehead atoms. The van der Waals surface area contributed by atoms with E-state index in [0.717, 1.165) is 22.4 Å². The number of fused-ring (bicyclic) bond motifs is 4. The van der Waals surface area contributed by atoms with E-state index in [1.165, 1.54) is 0 Å². The number of carbonyl (C=O) groups is 2. The molecule has 1 heterocycles. The molecule has 0 aliphatic heterocycles. The number of benzene rings is 3. The van der Waals surface area contributed by atoms with Crippen molar-refractivity contribution in [1.29, 1.82) is 0 Å². The van der Waals surface area contributed by atoms with E-state index in [1.807, 2.05) is 79.7 Å². The SMILES string of the molecule is CCN(CC)c1c(OC)cc(OCc2ccccc2)c2c1C[C@H]1C[C@H]3[C@H](N(C)C)c4onc(OCc5ccccc5)c4C(=O)[C@@]3(O[Si](C)(C)C(C)(C)C)C(O)=C1C2=O. The Bertz CT molecular complexity index is 2210. The number of rotatable bonds is 13. The Morgan fingerprint density at radius 1 is 0.914 bits per heavy atom. The Balaban J connectivity index is 1.45. The molecule has 308 valence electrons. The standard InChI is InChI=1S/C46H57N3O8Si/c1-11-49(12-2)38-31-23-30-24-32-39(48(6)7)41-37(44(47-56-41)55-27-29-21-17-14-18-22-29)43(52)46(32,57-58(9,10)45(3,4)5)42(51)35(30)40(50)36(31)33(25-34(38)53-8)54-26-28-19-15-13-16-20-28/h13-22,25,30,32,39,51H,11-12,23-24,26-27H2,1-10H3/t30-,32-,39-,46-/m0/s1. The zero-order chi connectivity index (χ0) is 41.7. The zero-order valence-corrected chi connectivity index (χ0v) is 36.5. The van der Waals surface area contributed by atoms with Gasteiger partial charge in [-0.05, 0) is 86.7 Å². The van der Waals surface area contributed by atoms with Crippen LogP contribution in [0.25, 0.3) is 0 Å². The van der Waals surface area contributed by atoms with Crippen LogP contribution in [0.15, 0.2) is 82.6 Å². The summed E-state index contributed by atoms with van der Waals surface area (Å²) < 4.78 is 32.2. The number of aliphatic hydroxyl groups is 1. The number of allylic oxidation sites excluding steroid dienone is 1. The molecule has 3 aromatic carbocycles. The Morgan fingerprint density at radius 2 is 1.52 bits per heavy atom. The van der Waals surface area contributed by atoms with Crippen molar-refractivity contribution >= 4 is 25.6 Å². The fourth-order valence-corrected chi connectivity index (χ4v) is 10.3. The lowest BCUT2D eigenvalue weighted by molar-refractivity contribution is -0.0480. The summed E-state index contributed by atoms with van der Waals surface area (Å²) in [5.74, 6) is -0.999. The van der Waals surface area contributed by atoms with Crippen LogP contribution in [0.5, 0.6) is 17.4 Å². The van der Waals surface area contributed by atoms with E-state index in [4.69, 9.17) is 23.2 Å². The van der Waals surface area contributed by atoms with Crippen LogP contribution in [-0.4, -0.2) is 74.9 Å². The van der Waals surface area contributed by atoms with E-state index in [9.17, 15) is 5.11 Å². The van der Waals surface area contributed by atoms with Crippen molar-refractivity contribution in [2.75, 3.05) is 39.2 Å². The van der Waals surface area contributed by atoms with E-state index >= 15 is 9.59 Å². The number of aromatic nitrogens is 1. The highest BCUT2D eigenvalue weighted by Crippen LogP contribution is 2.60. The molecule has 58 heavy (non-hydrogen) atoms. The van der Waals surface area contributed by atoms with Gasteiger partial charge < -0.3 is 33.2 Å². The summed E-state index contributed by atoms with van der Waals surface area (Å²) in [5.41, 5.74) is 2.19. The third-order valence-electron chi connectivity index (χ3n) is 12.8. The van der Waals surface area contributed by atoms with Gasteiger partial charge in [-0.2, -0.15) is 0 Å². The van der Waals surface area contributed by atoms with Gasteiger partial charge in [-0.3, -0.25) is 14.5 Å². The molecule has 0 saturated carbocycles. The van der Waals surface area contributed by atoms with Gasteiger partial charge in [0.1, 0.15) is 36.0 Å². The predicted octanol–water partition coefficient (Wildman–Crippen LogP) is 9.13. The Hall–Kier alpha value is -4.91. The first-order valence-corrected chi connectivity index (χ1v) is 23.2. The average Bonchev–Trinajstić information content (AvgIpc) is 3.61. The van der Waals surface area contributed by atoms with Crippen LogP contribution in [0.4, 0.5) is 5.69 Å². The molecular formula is C46H57N3O8Si. The second kappa shape index (κ2) is 15.7. The third-order valence-corrected chi connectivity index (χ3v) is 17.2. The normalized spacial score (nSPS) is 21.6. The molecule has 4 aromatic rings. The number of hydrogen-bond acceptors (Lipinski definition) is 11. The van der Waals surface area contributed by atoms with Gasteiger partial charge in [0.2, 0.25) is 5.78 Å². The summed E-state index contributed by atoms with van der Waals surface area (Å²) in [7, 11) is 2.59. The maximum atomic E-state index is 15.7. The summed E-state index contributed by atoms with van der Waals surface area (Å²) in [6.45, 7) is 16.3. The number of ether oxygens (including phenoxy) is 3. The second-order valence-corrected chi connectivity index (χ2v) is 22.1. The van der Waals surface area contributed by atoms with E-state index < -0.39 is 37.6 Å². The molecule has 0 fully saturated rings. The first kappa shape index (κ1) is 41.3. The number of nitrogens with zero attached hydrogens (tertiary/aromatic N) is 3. The predicted molar refractivity (Wildman–Crippen MR) is 226 cm³/mol. The number of carbonyl (C=O) groups excluding carboxylic acids is 2. The molecule has 12 heteroatoms. The van der Waals surface area contributed by atoms with Crippen LogP contribution in [0.3, 0.4) is 0 Å². The van der Waals surface area contributed by atoms with Crippen molar-refractivity contribution in [3.05, 3.63) is 112 Å². The van der Waals surface area contributed by atoms with Crippen LogP contribution in [0.1, 0.15) is 90.2 Å².